The lowest BCUT2D eigenvalue weighted by atomic mass is 10.1. The van der Waals surface area contributed by atoms with E-state index in [1.165, 1.54) is 0 Å². The average Bonchev–Trinajstić information content (AvgIpc) is 2.98. The predicted octanol–water partition coefficient (Wildman–Crippen LogP) is 4.03. The first-order valence-electron chi connectivity index (χ1n) is 9.36. The van der Waals surface area contributed by atoms with Crippen molar-refractivity contribution in [1.29, 1.82) is 0 Å². The highest BCUT2D eigenvalue weighted by atomic mass is 79.9. The second-order valence-corrected chi connectivity index (χ2v) is 7.64. The normalized spacial score (nSPS) is 13.9. The number of halogens is 1. The van der Waals surface area contributed by atoms with Gasteiger partial charge in [0.2, 0.25) is 0 Å². The number of carbonyl (C=O) groups excluding carboxylic acids is 4. The Morgan fingerprint density at radius 2 is 1.59 bits per heavy atom. The van der Waals surface area contributed by atoms with E-state index in [-0.39, 0.29) is 23.3 Å². The number of ketones is 1. The second kappa shape index (κ2) is 9.13. The SMILES string of the molecule is CCCCC(C(=O)OCC(=O)c1ccc(Br)cc1)N1C(=O)c2ccccc2C1=O. The molecule has 0 fully saturated rings. The van der Waals surface area contributed by atoms with Crippen LogP contribution < -0.4 is 0 Å². The van der Waals surface area contributed by atoms with Gasteiger partial charge >= 0.3 is 5.97 Å². The van der Waals surface area contributed by atoms with Gasteiger partial charge in [-0.15, -0.1) is 0 Å². The Labute approximate surface area is 177 Å². The molecule has 2 aromatic rings. The molecular formula is C22H20BrNO5. The summed E-state index contributed by atoms with van der Waals surface area (Å²) in [5.41, 5.74) is 0.960. The number of nitrogens with zero attached hydrogens (tertiary/aromatic N) is 1. The Bertz CT molecular complexity index is 919. The molecule has 0 aromatic heterocycles. The molecular weight excluding hydrogens is 438 g/mol. The van der Waals surface area contributed by atoms with Crippen LogP contribution in [0, 0.1) is 0 Å². The summed E-state index contributed by atoms with van der Waals surface area (Å²) >= 11 is 3.30. The number of esters is 1. The maximum absolute atomic E-state index is 12.7. The van der Waals surface area contributed by atoms with Crippen molar-refractivity contribution in [2.45, 2.75) is 32.2 Å². The topological polar surface area (TPSA) is 80.8 Å². The van der Waals surface area contributed by atoms with E-state index in [9.17, 15) is 19.2 Å². The van der Waals surface area contributed by atoms with Crippen molar-refractivity contribution in [3.8, 4) is 0 Å². The number of rotatable bonds is 8. The van der Waals surface area contributed by atoms with Gasteiger partial charge < -0.3 is 4.74 Å². The van der Waals surface area contributed by atoms with Gasteiger partial charge in [0, 0.05) is 10.0 Å². The van der Waals surface area contributed by atoms with Gasteiger partial charge in [0.05, 0.1) is 11.1 Å². The number of ether oxygens (including phenoxy) is 1. The van der Waals surface area contributed by atoms with Crippen LogP contribution in [0.25, 0.3) is 0 Å². The molecule has 6 nitrogen and oxygen atoms in total. The van der Waals surface area contributed by atoms with E-state index in [2.05, 4.69) is 15.9 Å². The number of amides is 2. The molecule has 1 aliphatic heterocycles. The van der Waals surface area contributed by atoms with Crippen molar-refractivity contribution >= 4 is 39.5 Å². The maximum atomic E-state index is 12.7. The van der Waals surface area contributed by atoms with Crippen molar-refractivity contribution < 1.29 is 23.9 Å². The van der Waals surface area contributed by atoms with E-state index in [1.807, 2.05) is 6.92 Å². The van der Waals surface area contributed by atoms with Gasteiger partial charge in [0.25, 0.3) is 11.8 Å². The molecule has 2 aromatic carbocycles. The van der Waals surface area contributed by atoms with Gasteiger partial charge in [0.1, 0.15) is 6.04 Å². The van der Waals surface area contributed by atoms with Crippen LogP contribution in [-0.2, 0) is 9.53 Å². The molecule has 1 heterocycles. The third-order valence-corrected chi connectivity index (χ3v) is 5.28. The number of carbonyl (C=O) groups is 4. The summed E-state index contributed by atoms with van der Waals surface area (Å²) in [5, 5.41) is 0. The Morgan fingerprint density at radius 1 is 1.00 bits per heavy atom. The molecule has 0 radical (unpaired) electrons. The summed E-state index contributed by atoms with van der Waals surface area (Å²) in [6.45, 7) is 1.49. The lowest BCUT2D eigenvalue weighted by molar-refractivity contribution is -0.147. The summed E-state index contributed by atoms with van der Waals surface area (Å²) in [6, 6.07) is 12.1. The molecule has 0 spiro atoms. The molecule has 0 bridgehead atoms. The highest BCUT2D eigenvalue weighted by Gasteiger charge is 2.43. The zero-order valence-electron chi connectivity index (χ0n) is 15.9. The Kier molecular flexibility index (Phi) is 6.59. The maximum Gasteiger partial charge on any atom is 0.329 e. The van der Waals surface area contributed by atoms with E-state index < -0.39 is 30.4 Å². The van der Waals surface area contributed by atoms with Crippen molar-refractivity contribution in [1.82, 2.24) is 4.90 Å². The van der Waals surface area contributed by atoms with E-state index in [0.29, 0.717) is 12.0 Å². The fourth-order valence-electron chi connectivity index (χ4n) is 3.19. The fraction of sp³-hybridized carbons (Fsp3) is 0.273. The number of Topliss-reactive ketones (excluding diaryl/α,β-unsaturated/α-hetero) is 1. The average molecular weight is 458 g/mol. The largest absolute Gasteiger partial charge is 0.456 e. The summed E-state index contributed by atoms with van der Waals surface area (Å²) in [7, 11) is 0. The molecule has 0 saturated carbocycles. The van der Waals surface area contributed by atoms with Gasteiger partial charge in [-0.2, -0.15) is 0 Å². The van der Waals surface area contributed by atoms with Gasteiger partial charge in [0.15, 0.2) is 12.4 Å². The minimum Gasteiger partial charge on any atom is -0.456 e. The summed E-state index contributed by atoms with van der Waals surface area (Å²) < 4.78 is 6.04. The van der Waals surface area contributed by atoms with Crippen molar-refractivity contribution in [2.24, 2.45) is 0 Å². The van der Waals surface area contributed by atoms with Crippen LogP contribution in [0.2, 0.25) is 0 Å². The van der Waals surface area contributed by atoms with Crippen LogP contribution >= 0.6 is 15.9 Å². The smallest absolute Gasteiger partial charge is 0.329 e. The minimum atomic E-state index is -1.06. The summed E-state index contributed by atoms with van der Waals surface area (Å²) in [4.78, 5) is 51.5. The highest BCUT2D eigenvalue weighted by molar-refractivity contribution is 9.10. The van der Waals surface area contributed by atoms with Crippen LogP contribution in [0.4, 0.5) is 0 Å². The van der Waals surface area contributed by atoms with Gasteiger partial charge in [-0.05, 0) is 30.7 Å². The van der Waals surface area contributed by atoms with Crippen LogP contribution in [0.5, 0.6) is 0 Å². The zero-order valence-corrected chi connectivity index (χ0v) is 17.5. The molecule has 7 heteroatoms. The number of fused-ring (bicyclic) bond motifs is 1. The minimum absolute atomic E-state index is 0.276. The molecule has 1 atom stereocenters. The molecule has 0 N–H and O–H groups in total. The predicted molar refractivity (Wildman–Crippen MR) is 110 cm³/mol. The van der Waals surface area contributed by atoms with E-state index in [1.54, 1.807) is 48.5 Å². The Hall–Kier alpha value is -2.80. The molecule has 2 amide bonds. The first-order chi connectivity index (χ1) is 13.9. The quantitative estimate of drug-likeness (QED) is 0.339. The lowest BCUT2D eigenvalue weighted by Crippen LogP contribution is -2.46. The second-order valence-electron chi connectivity index (χ2n) is 6.72. The van der Waals surface area contributed by atoms with Gasteiger partial charge in [-0.3, -0.25) is 19.3 Å². The standard InChI is InChI=1S/C22H20BrNO5/c1-2-3-8-18(24-20(26)16-6-4-5-7-17(16)21(24)27)22(28)29-13-19(25)14-9-11-15(23)12-10-14/h4-7,9-12,18H,2-3,8,13H2,1H3. The van der Waals surface area contributed by atoms with Crippen molar-refractivity contribution in [2.75, 3.05) is 6.61 Å². The van der Waals surface area contributed by atoms with Crippen LogP contribution in [0.3, 0.4) is 0 Å². The van der Waals surface area contributed by atoms with Crippen molar-refractivity contribution in [3.05, 3.63) is 69.7 Å². The number of unbranched alkanes of at least 4 members (excludes halogenated alkanes) is 1. The number of hydrogen-bond acceptors (Lipinski definition) is 5. The fourth-order valence-corrected chi connectivity index (χ4v) is 3.46. The van der Waals surface area contributed by atoms with E-state index in [0.717, 1.165) is 15.8 Å². The monoisotopic (exact) mass is 457 g/mol. The number of benzene rings is 2. The third-order valence-electron chi connectivity index (χ3n) is 4.75. The van der Waals surface area contributed by atoms with Gasteiger partial charge in [-0.1, -0.05) is 60.0 Å². The van der Waals surface area contributed by atoms with Crippen LogP contribution in [0.15, 0.2) is 53.0 Å². The lowest BCUT2D eigenvalue weighted by Gasteiger charge is -2.24. The molecule has 150 valence electrons. The third kappa shape index (κ3) is 4.45. The van der Waals surface area contributed by atoms with E-state index >= 15 is 0 Å². The molecule has 0 saturated heterocycles. The van der Waals surface area contributed by atoms with E-state index in [4.69, 9.17) is 4.74 Å². The molecule has 29 heavy (non-hydrogen) atoms. The molecule has 1 unspecified atom stereocenters. The van der Waals surface area contributed by atoms with Crippen LogP contribution in [0.1, 0.15) is 57.3 Å². The highest BCUT2D eigenvalue weighted by Crippen LogP contribution is 2.27. The summed E-state index contributed by atoms with van der Waals surface area (Å²) in [5.74, 6) is -2.13. The molecule has 3 rings (SSSR count). The first-order valence-corrected chi connectivity index (χ1v) is 10.2. The van der Waals surface area contributed by atoms with Crippen molar-refractivity contribution in [3.63, 3.8) is 0 Å². The summed E-state index contributed by atoms with van der Waals surface area (Å²) in [6.07, 6.45) is 1.70. The first kappa shape index (κ1) is 20.9. The zero-order chi connectivity index (χ0) is 21.0. The number of imide groups is 1. The van der Waals surface area contributed by atoms with Gasteiger partial charge in [-0.25, -0.2) is 4.79 Å². The molecule has 0 aliphatic carbocycles. The Balaban J connectivity index is 1.74. The Morgan fingerprint density at radius 3 is 2.14 bits per heavy atom. The van der Waals surface area contributed by atoms with Crippen LogP contribution in [-0.4, -0.2) is 41.1 Å². The number of hydrogen-bond donors (Lipinski definition) is 0. The molecule has 1 aliphatic rings.